The molecule has 6 nitrogen and oxygen atoms in total. The fourth-order valence-electron chi connectivity index (χ4n) is 3.11. The van der Waals surface area contributed by atoms with Crippen LogP contribution in [-0.2, 0) is 31.4 Å². The summed E-state index contributed by atoms with van der Waals surface area (Å²) in [7, 11) is -3.61. The van der Waals surface area contributed by atoms with E-state index in [1.54, 1.807) is 29.2 Å². The predicted molar refractivity (Wildman–Crippen MR) is 106 cm³/mol. The number of likely N-dealkylation sites (tertiary alicyclic amines) is 1. The monoisotopic (exact) mass is 403 g/mol. The first-order chi connectivity index (χ1) is 13.5. The highest BCUT2D eigenvalue weighted by Gasteiger charge is 2.25. The summed E-state index contributed by atoms with van der Waals surface area (Å²) >= 11 is 0. The van der Waals surface area contributed by atoms with Crippen molar-refractivity contribution in [2.24, 2.45) is 5.92 Å². The smallest absolute Gasteiger partial charge is 0.410 e. The van der Waals surface area contributed by atoms with Crippen LogP contribution in [0.5, 0.6) is 0 Å². The molecule has 1 aliphatic rings. The van der Waals surface area contributed by atoms with Crippen molar-refractivity contribution in [2.75, 3.05) is 19.7 Å². The lowest BCUT2D eigenvalue weighted by Gasteiger charge is -2.31. The number of nitrogens with zero attached hydrogens (tertiary/aromatic N) is 1. The molecule has 2 aromatic carbocycles. The number of benzene rings is 2. The van der Waals surface area contributed by atoms with E-state index in [-0.39, 0.29) is 31.0 Å². The molecule has 0 spiro atoms. The van der Waals surface area contributed by atoms with E-state index in [2.05, 4.69) is 0 Å². The van der Waals surface area contributed by atoms with Gasteiger partial charge in [-0.05, 0) is 29.9 Å². The van der Waals surface area contributed by atoms with Crippen LogP contribution in [-0.4, -0.2) is 39.1 Å². The maximum atomic E-state index is 12.2. The predicted octanol–water partition coefficient (Wildman–Crippen LogP) is 3.58. The van der Waals surface area contributed by atoms with Gasteiger partial charge < -0.3 is 9.64 Å². The van der Waals surface area contributed by atoms with Gasteiger partial charge in [-0.2, -0.15) is 8.42 Å². The lowest BCUT2D eigenvalue weighted by molar-refractivity contribution is 0.0764. The zero-order valence-corrected chi connectivity index (χ0v) is 16.5. The molecule has 0 atom stereocenters. The lowest BCUT2D eigenvalue weighted by Crippen LogP contribution is -2.39. The van der Waals surface area contributed by atoms with E-state index in [9.17, 15) is 13.2 Å². The van der Waals surface area contributed by atoms with Gasteiger partial charge in [0.05, 0.1) is 6.61 Å². The lowest BCUT2D eigenvalue weighted by atomic mass is 9.98. The molecule has 28 heavy (non-hydrogen) atoms. The summed E-state index contributed by atoms with van der Waals surface area (Å²) in [5.41, 5.74) is 1.65. The van der Waals surface area contributed by atoms with Crippen LogP contribution in [0.15, 0.2) is 60.7 Å². The molecule has 0 radical (unpaired) electrons. The molecule has 0 saturated carbocycles. The van der Waals surface area contributed by atoms with Crippen LogP contribution in [0.4, 0.5) is 4.79 Å². The summed E-state index contributed by atoms with van der Waals surface area (Å²) in [6.07, 6.45) is 1.06. The first-order valence-corrected chi connectivity index (χ1v) is 11.0. The Morgan fingerprint density at radius 1 is 0.929 bits per heavy atom. The van der Waals surface area contributed by atoms with Crippen LogP contribution in [0.25, 0.3) is 0 Å². The number of piperidine rings is 1. The summed E-state index contributed by atoms with van der Waals surface area (Å²) in [5, 5.41) is 0. The van der Waals surface area contributed by atoms with Crippen LogP contribution in [0.3, 0.4) is 0 Å². The largest absolute Gasteiger partial charge is 0.445 e. The maximum Gasteiger partial charge on any atom is 0.410 e. The third kappa shape index (κ3) is 6.35. The van der Waals surface area contributed by atoms with Crippen molar-refractivity contribution in [3.8, 4) is 0 Å². The highest BCUT2D eigenvalue weighted by Crippen LogP contribution is 2.20. The summed E-state index contributed by atoms with van der Waals surface area (Å²) in [6, 6.07) is 18.5. The number of ether oxygens (including phenoxy) is 1. The second kappa shape index (κ2) is 9.71. The number of hydrogen-bond donors (Lipinski definition) is 0. The van der Waals surface area contributed by atoms with Gasteiger partial charge in [0.15, 0.2) is 0 Å². The Morgan fingerprint density at radius 3 is 2.11 bits per heavy atom. The zero-order chi connectivity index (χ0) is 19.8. The average molecular weight is 404 g/mol. The van der Waals surface area contributed by atoms with Crippen molar-refractivity contribution in [3.63, 3.8) is 0 Å². The molecule has 1 aliphatic heterocycles. The molecule has 150 valence electrons. The van der Waals surface area contributed by atoms with Gasteiger partial charge in [-0.3, -0.25) is 4.18 Å². The van der Waals surface area contributed by atoms with Gasteiger partial charge in [0.1, 0.15) is 12.4 Å². The Kier molecular flexibility index (Phi) is 7.06. The van der Waals surface area contributed by atoms with Gasteiger partial charge in [0.2, 0.25) is 0 Å². The maximum absolute atomic E-state index is 12.2. The topological polar surface area (TPSA) is 72.9 Å². The summed E-state index contributed by atoms with van der Waals surface area (Å²) in [4.78, 5) is 13.8. The van der Waals surface area contributed by atoms with E-state index in [0.717, 1.165) is 5.56 Å². The van der Waals surface area contributed by atoms with Crippen LogP contribution >= 0.6 is 0 Å². The van der Waals surface area contributed by atoms with Crippen molar-refractivity contribution in [1.29, 1.82) is 0 Å². The summed E-state index contributed by atoms with van der Waals surface area (Å²) in [6.45, 7) is 1.49. The van der Waals surface area contributed by atoms with Gasteiger partial charge in [-0.25, -0.2) is 4.79 Å². The van der Waals surface area contributed by atoms with Gasteiger partial charge in [0, 0.05) is 13.1 Å². The van der Waals surface area contributed by atoms with E-state index in [1.807, 2.05) is 36.4 Å². The Hall–Kier alpha value is -2.38. The molecule has 2 aromatic rings. The van der Waals surface area contributed by atoms with Crippen LogP contribution < -0.4 is 0 Å². The molecule has 0 aromatic heterocycles. The van der Waals surface area contributed by atoms with E-state index in [1.165, 1.54) is 0 Å². The molecule has 7 heteroatoms. The molecule has 0 unspecified atom stereocenters. The first-order valence-electron chi connectivity index (χ1n) is 9.38. The Morgan fingerprint density at radius 2 is 1.50 bits per heavy atom. The highest BCUT2D eigenvalue weighted by atomic mass is 32.2. The minimum atomic E-state index is -3.61. The molecule has 3 rings (SSSR count). The normalized spacial score (nSPS) is 15.4. The molecular weight excluding hydrogens is 378 g/mol. The molecule has 1 amide bonds. The number of hydrogen-bond acceptors (Lipinski definition) is 5. The van der Waals surface area contributed by atoms with Gasteiger partial charge in [-0.15, -0.1) is 0 Å². The van der Waals surface area contributed by atoms with Crippen LogP contribution in [0, 0.1) is 5.92 Å². The fraction of sp³-hybridized carbons (Fsp3) is 0.381. The second-order valence-corrected chi connectivity index (χ2v) is 8.58. The number of rotatable bonds is 7. The Labute approximate surface area is 166 Å². The molecule has 1 heterocycles. The van der Waals surface area contributed by atoms with Crippen LogP contribution in [0.1, 0.15) is 24.0 Å². The van der Waals surface area contributed by atoms with Crippen molar-refractivity contribution < 1.29 is 22.1 Å². The zero-order valence-electron chi connectivity index (χ0n) is 15.7. The third-order valence-electron chi connectivity index (χ3n) is 4.75. The molecule has 0 bridgehead atoms. The van der Waals surface area contributed by atoms with Crippen molar-refractivity contribution in [3.05, 3.63) is 71.8 Å². The number of carbonyl (C=O) groups is 1. The van der Waals surface area contributed by atoms with E-state index < -0.39 is 10.1 Å². The average Bonchev–Trinajstić information content (AvgIpc) is 2.72. The Balaban J connectivity index is 1.38. The summed E-state index contributed by atoms with van der Waals surface area (Å²) in [5.74, 6) is -0.0119. The number of amides is 1. The summed E-state index contributed by atoms with van der Waals surface area (Å²) < 4.78 is 34.8. The second-order valence-electron chi connectivity index (χ2n) is 6.94. The van der Waals surface area contributed by atoms with E-state index in [4.69, 9.17) is 8.92 Å². The van der Waals surface area contributed by atoms with Crippen molar-refractivity contribution in [1.82, 2.24) is 4.90 Å². The standard InChI is InChI=1S/C21H25NO5S/c23-21(26-15-18-7-3-1-4-8-18)22-13-11-19(12-14-22)16-27-28(24,25)17-20-9-5-2-6-10-20/h1-10,19H,11-17H2. The van der Waals surface area contributed by atoms with Crippen molar-refractivity contribution in [2.45, 2.75) is 25.2 Å². The fourth-order valence-corrected chi connectivity index (χ4v) is 4.20. The molecule has 0 aliphatic carbocycles. The molecular formula is C21H25NO5S. The van der Waals surface area contributed by atoms with E-state index >= 15 is 0 Å². The van der Waals surface area contributed by atoms with E-state index in [0.29, 0.717) is 31.5 Å². The van der Waals surface area contributed by atoms with Crippen LogP contribution in [0.2, 0.25) is 0 Å². The molecule has 1 saturated heterocycles. The minimum absolute atomic E-state index is 0.115. The Bertz CT molecular complexity index is 847. The van der Waals surface area contributed by atoms with Crippen molar-refractivity contribution >= 4 is 16.2 Å². The number of carbonyl (C=O) groups excluding carboxylic acids is 1. The SMILES string of the molecule is O=C(OCc1ccccc1)N1CCC(COS(=O)(=O)Cc2ccccc2)CC1. The highest BCUT2D eigenvalue weighted by molar-refractivity contribution is 7.85. The minimum Gasteiger partial charge on any atom is -0.445 e. The van der Waals surface area contributed by atoms with Gasteiger partial charge in [-0.1, -0.05) is 60.7 Å². The quantitative estimate of drug-likeness (QED) is 0.661. The third-order valence-corrected chi connectivity index (χ3v) is 5.93. The first kappa shape index (κ1) is 20.4. The molecule has 1 fully saturated rings. The van der Waals surface area contributed by atoms with Gasteiger partial charge >= 0.3 is 6.09 Å². The molecule has 0 N–H and O–H groups in total. The van der Waals surface area contributed by atoms with Gasteiger partial charge in [0.25, 0.3) is 10.1 Å².